The van der Waals surface area contributed by atoms with Gasteiger partial charge in [-0.3, -0.25) is 0 Å². The van der Waals surface area contributed by atoms with Crippen LogP contribution in [-0.4, -0.2) is 13.1 Å². The first-order valence-corrected chi connectivity index (χ1v) is 25.9. The van der Waals surface area contributed by atoms with Crippen LogP contribution in [-0.2, 0) is 0 Å². The number of nitrogens with two attached hydrogens (primary N) is 2. The van der Waals surface area contributed by atoms with Gasteiger partial charge in [0.1, 0.15) is 0 Å². The number of fused-ring (bicyclic) bond motifs is 1. The van der Waals surface area contributed by atoms with E-state index in [-0.39, 0.29) is 0 Å². The van der Waals surface area contributed by atoms with E-state index in [2.05, 4.69) is 52.0 Å². The fraction of sp³-hybridized carbons (Fsp3) is 0.925. The van der Waals surface area contributed by atoms with Crippen molar-refractivity contribution in [1.82, 2.24) is 0 Å². The number of allylic oxidation sites excluding steroid dienone is 4. The highest BCUT2D eigenvalue weighted by atomic mass is 14.6. The Balaban J connectivity index is 2.56. The Morgan fingerprint density at radius 3 is 1.15 bits per heavy atom. The molecule has 8 atom stereocenters. The van der Waals surface area contributed by atoms with Gasteiger partial charge in [0.25, 0.3) is 0 Å². The summed E-state index contributed by atoms with van der Waals surface area (Å²) in [5, 5.41) is 0. The molecule has 4 N–H and O–H groups in total. The van der Waals surface area contributed by atoms with Gasteiger partial charge in [0, 0.05) is 0 Å². The highest BCUT2D eigenvalue weighted by Crippen LogP contribution is 2.60. The minimum atomic E-state index is 0.802. The van der Waals surface area contributed by atoms with Crippen LogP contribution < -0.4 is 11.5 Å². The Morgan fingerprint density at radius 2 is 0.691 bits per heavy atom. The first kappa shape index (κ1) is 50.5. The summed E-state index contributed by atoms with van der Waals surface area (Å²) in [6.45, 7) is 11.2. The normalized spacial score (nSPS) is 25.3. The van der Waals surface area contributed by atoms with Gasteiger partial charge in [-0.15, -0.1) is 0 Å². The minimum absolute atomic E-state index is 0.802. The Morgan fingerprint density at radius 1 is 0.345 bits per heavy atom. The zero-order chi connectivity index (χ0) is 39.6. The van der Waals surface area contributed by atoms with E-state index in [1.54, 1.807) is 0 Å². The molecule has 0 bridgehead atoms. The Labute approximate surface area is 347 Å². The predicted molar refractivity (Wildman–Crippen MR) is 249 cm³/mol. The van der Waals surface area contributed by atoms with E-state index < -0.39 is 0 Å². The monoisotopic (exact) mass is 767 g/mol. The molecule has 0 aromatic rings. The van der Waals surface area contributed by atoms with Crippen LogP contribution in [0.1, 0.15) is 252 Å². The third kappa shape index (κ3) is 21.3. The standard InChI is InChI=1S/C53H102N2/c1-5-9-13-17-23-31-38-48-49(39-32-25-20-27-35-45-55)51(41-33-24-18-14-10-6-2)53-47(37-29-22-19-26-34-44-54)43-42-46(36-28-21-15-11-7-3)52(53)50(48)40-30-16-12-8-4/h23,31,42-43,46-53H,5-22,24-30,32-41,44-45,54-55H2,1-4H3/b31-23+. The molecule has 55 heavy (non-hydrogen) atoms. The van der Waals surface area contributed by atoms with Gasteiger partial charge in [-0.25, -0.2) is 0 Å². The molecule has 8 unspecified atom stereocenters. The first-order chi connectivity index (χ1) is 27.2. The number of hydrogen-bond donors (Lipinski definition) is 2. The van der Waals surface area contributed by atoms with Crippen LogP contribution in [0.15, 0.2) is 24.3 Å². The van der Waals surface area contributed by atoms with Crippen molar-refractivity contribution in [1.29, 1.82) is 0 Å². The molecule has 1 fully saturated rings. The van der Waals surface area contributed by atoms with E-state index >= 15 is 0 Å². The summed E-state index contributed by atoms with van der Waals surface area (Å²) in [6.07, 6.45) is 60.1. The average molecular weight is 767 g/mol. The third-order valence-electron chi connectivity index (χ3n) is 14.6. The van der Waals surface area contributed by atoms with E-state index in [9.17, 15) is 0 Å². The van der Waals surface area contributed by atoms with Gasteiger partial charge in [0.05, 0.1) is 0 Å². The maximum absolute atomic E-state index is 5.93. The van der Waals surface area contributed by atoms with Crippen molar-refractivity contribution < 1.29 is 0 Å². The van der Waals surface area contributed by atoms with Crippen LogP contribution in [0.5, 0.6) is 0 Å². The minimum Gasteiger partial charge on any atom is -0.330 e. The maximum Gasteiger partial charge on any atom is -0.00773 e. The lowest BCUT2D eigenvalue weighted by Gasteiger charge is -2.58. The van der Waals surface area contributed by atoms with Crippen molar-refractivity contribution in [2.75, 3.05) is 13.1 Å². The molecule has 0 amide bonds. The van der Waals surface area contributed by atoms with Crippen molar-refractivity contribution >= 4 is 0 Å². The zero-order valence-corrected chi connectivity index (χ0v) is 38.2. The largest absolute Gasteiger partial charge is 0.330 e. The fourth-order valence-corrected chi connectivity index (χ4v) is 11.6. The molecule has 0 spiro atoms. The van der Waals surface area contributed by atoms with Crippen molar-refractivity contribution in [2.24, 2.45) is 58.8 Å². The molecule has 2 aliphatic carbocycles. The summed E-state index contributed by atoms with van der Waals surface area (Å²) >= 11 is 0. The van der Waals surface area contributed by atoms with E-state index in [0.29, 0.717) is 0 Å². The maximum atomic E-state index is 5.93. The van der Waals surface area contributed by atoms with E-state index in [0.717, 1.165) is 60.4 Å². The molecule has 0 aromatic heterocycles. The van der Waals surface area contributed by atoms with E-state index in [1.165, 1.54) is 225 Å². The first-order valence-electron chi connectivity index (χ1n) is 25.9. The Hall–Kier alpha value is -0.600. The molecule has 2 nitrogen and oxygen atoms in total. The molecule has 1 saturated carbocycles. The summed E-state index contributed by atoms with van der Waals surface area (Å²) in [6, 6.07) is 0. The molecule has 0 radical (unpaired) electrons. The van der Waals surface area contributed by atoms with Crippen molar-refractivity contribution in [3.8, 4) is 0 Å². The third-order valence-corrected chi connectivity index (χ3v) is 14.6. The molecule has 0 heterocycles. The second-order valence-corrected chi connectivity index (χ2v) is 19.0. The quantitative estimate of drug-likeness (QED) is 0.0486. The van der Waals surface area contributed by atoms with Gasteiger partial charge in [0.15, 0.2) is 0 Å². The summed E-state index contributed by atoms with van der Waals surface area (Å²) in [5.74, 6) is 7.04. The van der Waals surface area contributed by atoms with Crippen LogP contribution >= 0.6 is 0 Å². The molecule has 324 valence electrons. The molecular formula is C53H102N2. The average Bonchev–Trinajstić information content (AvgIpc) is 3.19. The number of hydrogen-bond acceptors (Lipinski definition) is 2. The smallest absolute Gasteiger partial charge is 0.00773 e. The second kappa shape index (κ2) is 35.4. The Kier molecular flexibility index (Phi) is 32.5. The van der Waals surface area contributed by atoms with Gasteiger partial charge in [-0.2, -0.15) is 0 Å². The summed E-state index contributed by atoms with van der Waals surface area (Å²) in [4.78, 5) is 0. The fourth-order valence-electron chi connectivity index (χ4n) is 11.6. The van der Waals surface area contributed by atoms with Crippen molar-refractivity contribution in [3.05, 3.63) is 24.3 Å². The molecular weight excluding hydrogens is 665 g/mol. The summed E-state index contributed by atoms with van der Waals surface area (Å²) in [7, 11) is 0. The predicted octanol–water partition coefficient (Wildman–Crippen LogP) is 16.7. The zero-order valence-electron chi connectivity index (χ0n) is 38.2. The SMILES string of the molecule is CCCCC/C=C/CC1C(CCCCCCCN)C(CCCCCCCC)C2C(CCCCCCCN)C=CC(CCCCCCC)C2C1CCCCCC. The summed E-state index contributed by atoms with van der Waals surface area (Å²) in [5.41, 5.74) is 11.8. The molecule has 0 aliphatic heterocycles. The topological polar surface area (TPSA) is 52.0 Å². The van der Waals surface area contributed by atoms with Crippen LogP contribution in [0.25, 0.3) is 0 Å². The van der Waals surface area contributed by atoms with E-state index in [1.807, 2.05) is 0 Å². The molecule has 2 rings (SSSR count). The van der Waals surface area contributed by atoms with Crippen molar-refractivity contribution in [2.45, 2.75) is 252 Å². The van der Waals surface area contributed by atoms with Crippen LogP contribution in [0.3, 0.4) is 0 Å². The highest BCUT2D eigenvalue weighted by Gasteiger charge is 2.53. The van der Waals surface area contributed by atoms with Gasteiger partial charge >= 0.3 is 0 Å². The summed E-state index contributed by atoms with van der Waals surface area (Å²) < 4.78 is 0. The Bertz CT molecular complexity index is 878. The van der Waals surface area contributed by atoms with Gasteiger partial charge in [0.2, 0.25) is 0 Å². The van der Waals surface area contributed by atoms with E-state index in [4.69, 9.17) is 11.5 Å². The number of rotatable bonds is 38. The lowest BCUT2D eigenvalue weighted by atomic mass is 9.47. The second-order valence-electron chi connectivity index (χ2n) is 19.0. The lowest BCUT2D eigenvalue weighted by Crippen LogP contribution is -2.52. The molecule has 0 aromatic carbocycles. The van der Waals surface area contributed by atoms with Gasteiger partial charge < -0.3 is 11.5 Å². The van der Waals surface area contributed by atoms with Crippen LogP contribution in [0.2, 0.25) is 0 Å². The van der Waals surface area contributed by atoms with Gasteiger partial charge in [-0.05, 0) is 125 Å². The lowest BCUT2D eigenvalue weighted by molar-refractivity contribution is -0.0764. The number of unbranched alkanes of at least 4 members (excludes halogenated alkanes) is 23. The molecule has 2 aliphatic rings. The molecule has 0 saturated heterocycles. The molecule has 2 heteroatoms. The van der Waals surface area contributed by atoms with Crippen molar-refractivity contribution in [3.63, 3.8) is 0 Å². The van der Waals surface area contributed by atoms with Crippen LogP contribution in [0.4, 0.5) is 0 Å². The van der Waals surface area contributed by atoms with Crippen LogP contribution in [0, 0.1) is 47.3 Å². The highest BCUT2D eigenvalue weighted by molar-refractivity contribution is 5.12. The van der Waals surface area contributed by atoms with Gasteiger partial charge in [-0.1, -0.05) is 213 Å².